The van der Waals surface area contributed by atoms with E-state index in [1.807, 2.05) is 6.92 Å². The molecule has 0 bridgehead atoms. The van der Waals surface area contributed by atoms with Crippen LogP contribution in [0.3, 0.4) is 0 Å². The number of likely N-dealkylation sites (tertiary alicyclic amines) is 1. The average Bonchev–Trinajstić information content (AvgIpc) is 2.49. The van der Waals surface area contributed by atoms with E-state index < -0.39 is 10.8 Å². The van der Waals surface area contributed by atoms with Crippen molar-refractivity contribution in [3.8, 4) is 0 Å². The first-order valence-electron chi connectivity index (χ1n) is 4.85. The number of rotatable bonds is 4. The normalized spacial score (nSPS) is 24.2. The van der Waals surface area contributed by atoms with Gasteiger partial charge in [-0.2, -0.15) is 0 Å². The molecule has 2 nitrogen and oxygen atoms in total. The van der Waals surface area contributed by atoms with Gasteiger partial charge in [0.2, 0.25) is 0 Å². The summed E-state index contributed by atoms with van der Waals surface area (Å²) in [5.74, 6) is 1.72. The summed E-state index contributed by atoms with van der Waals surface area (Å²) >= 11 is 0. The molecule has 12 heavy (non-hydrogen) atoms. The van der Waals surface area contributed by atoms with E-state index in [2.05, 4.69) is 7.05 Å². The summed E-state index contributed by atoms with van der Waals surface area (Å²) < 4.78 is 12.4. The molecule has 0 amide bonds. The maximum atomic E-state index is 11.2. The highest BCUT2D eigenvalue weighted by molar-refractivity contribution is 7.84. The summed E-state index contributed by atoms with van der Waals surface area (Å²) in [4.78, 5) is 0. The maximum absolute atomic E-state index is 11.2. The SMILES string of the molecule is CCS(=O)CC[N+]1(C)CCCC1. The van der Waals surface area contributed by atoms with Gasteiger partial charge in [0.1, 0.15) is 0 Å². The van der Waals surface area contributed by atoms with Crippen molar-refractivity contribution in [3.63, 3.8) is 0 Å². The fraction of sp³-hybridized carbons (Fsp3) is 1.00. The first-order chi connectivity index (χ1) is 5.66. The van der Waals surface area contributed by atoms with E-state index in [0.717, 1.165) is 22.5 Å². The van der Waals surface area contributed by atoms with Gasteiger partial charge >= 0.3 is 0 Å². The summed E-state index contributed by atoms with van der Waals surface area (Å²) in [6, 6.07) is 0. The molecule has 1 aliphatic rings. The Bertz CT molecular complexity index is 164. The molecule has 3 heteroatoms. The molecule has 72 valence electrons. The lowest BCUT2D eigenvalue weighted by Crippen LogP contribution is -2.43. The van der Waals surface area contributed by atoms with E-state index in [1.54, 1.807) is 0 Å². The summed E-state index contributed by atoms with van der Waals surface area (Å²) in [6.45, 7) is 5.70. The van der Waals surface area contributed by atoms with Gasteiger partial charge in [-0.15, -0.1) is 0 Å². The Labute approximate surface area is 78.0 Å². The summed E-state index contributed by atoms with van der Waals surface area (Å²) in [6.07, 6.45) is 2.71. The molecule has 1 rings (SSSR count). The Morgan fingerprint density at radius 1 is 1.33 bits per heavy atom. The molecular weight excluding hydrogens is 170 g/mol. The molecule has 1 saturated heterocycles. The predicted molar refractivity (Wildman–Crippen MR) is 53.6 cm³/mol. The van der Waals surface area contributed by atoms with Gasteiger partial charge in [0.25, 0.3) is 0 Å². The van der Waals surface area contributed by atoms with Gasteiger partial charge in [-0.05, 0) is 0 Å². The number of hydrogen-bond acceptors (Lipinski definition) is 1. The van der Waals surface area contributed by atoms with E-state index in [0.29, 0.717) is 0 Å². The zero-order chi connectivity index (χ0) is 9.03. The smallest absolute Gasteiger partial charge is 0.0901 e. The van der Waals surface area contributed by atoms with Gasteiger partial charge < -0.3 is 4.48 Å². The van der Waals surface area contributed by atoms with Crippen LogP contribution < -0.4 is 0 Å². The lowest BCUT2D eigenvalue weighted by atomic mass is 10.4. The summed E-state index contributed by atoms with van der Waals surface area (Å²) in [5, 5.41) is 0. The molecule has 0 aliphatic carbocycles. The fourth-order valence-electron chi connectivity index (χ4n) is 1.79. The van der Waals surface area contributed by atoms with Gasteiger partial charge in [-0.25, -0.2) is 0 Å². The van der Waals surface area contributed by atoms with Gasteiger partial charge in [-0.3, -0.25) is 4.21 Å². The van der Waals surface area contributed by atoms with E-state index in [1.165, 1.54) is 25.9 Å². The van der Waals surface area contributed by atoms with Crippen molar-refractivity contribution in [2.45, 2.75) is 19.8 Å². The van der Waals surface area contributed by atoms with Crippen molar-refractivity contribution < 1.29 is 8.69 Å². The minimum atomic E-state index is -0.565. The first-order valence-corrected chi connectivity index (χ1v) is 6.34. The van der Waals surface area contributed by atoms with Crippen LogP contribution in [0.25, 0.3) is 0 Å². The summed E-state index contributed by atoms with van der Waals surface area (Å²) in [7, 11) is 1.73. The molecule has 0 N–H and O–H groups in total. The molecule has 1 atom stereocenters. The minimum Gasteiger partial charge on any atom is -0.325 e. The highest BCUT2D eigenvalue weighted by Crippen LogP contribution is 2.15. The zero-order valence-corrected chi connectivity index (χ0v) is 9.03. The van der Waals surface area contributed by atoms with E-state index in [9.17, 15) is 4.21 Å². The second-order valence-electron chi connectivity index (χ2n) is 3.93. The molecule has 1 aliphatic heterocycles. The van der Waals surface area contributed by atoms with Crippen LogP contribution in [0.15, 0.2) is 0 Å². The number of hydrogen-bond donors (Lipinski definition) is 0. The first kappa shape index (κ1) is 10.2. The van der Waals surface area contributed by atoms with E-state index >= 15 is 0 Å². The van der Waals surface area contributed by atoms with Crippen molar-refractivity contribution >= 4 is 10.8 Å². The van der Waals surface area contributed by atoms with Crippen molar-refractivity contribution in [1.82, 2.24) is 0 Å². The monoisotopic (exact) mass is 190 g/mol. The van der Waals surface area contributed by atoms with Crippen LogP contribution in [0, 0.1) is 0 Å². The second-order valence-corrected chi connectivity index (χ2v) is 5.80. The average molecular weight is 190 g/mol. The quantitative estimate of drug-likeness (QED) is 0.604. The van der Waals surface area contributed by atoms with Crippen molar-refractivity contribution in [3.05, 3.63) is 0 Å². The number of nitrogens with zero attached hydrogens (tertiary/aromatic N) is 1. The Morgan fingerprint density at radius 3 is 2.42 bits per heavy atom. The Hall–Kier alpha value is 0.110. The zero-order valence-electron chi connectivity index (χ0n) is 8.21. The molecule has 0 saturated carbocycles. The molecule has 0 radical (unpaired) electrons. The van der Waals surface area contributed by atoms with Gasteiger partial charge in [0.15, 0.2) is 0 Å². The van der Waals surface area contributed by atoms with Crippen LogP contribution >= 0.6 is 0 Å². The topological polar surface area (TPSA) is 17.1 Å². The van der Waals surface area contributed by atoms with Gasteiger partial charge in [-0.1, -0.05) is 6.92 Å². The highest BCUT2D eigenvalue weighted by atomic mass is 32.2. The van der Waals surface area contributed by atoms with Crippen LogP contribution in [0.2, 0.25) is 0 Å². The molecule has 1 fully saturated rings. The Kier molecular flexibility index (Phi) is 3.72. The molecule has 0 aromatic carbocycles. The van der Waals surface area contributed by atoms with Crippen molar-refractivity contribution in [1.29, 1.82) is 0 Å². The summed E-state index contributed by atoms with van der Waals surface area (Å²) in [5.41, 5.74) is 0. The lowest BCUT2D eigenvalue weighted by Gasteiger charge is -2.28. The fourth-order valence-corrected chi connectivity index (χ4v) is 2.72. The largest absolute Gasteiger partial charge is 0.325 e. The van der Waals surface area contributed by atoms with Crippen molar-refractivity contribution in [2.75, 3.05) is 38.2 Å². The molecule has 0 aromatic rings. The van der Waals surface area contributed by atoms with Crippen LogP contribution in [0.5, 0.6) is 0 Å². The van der Waals surface area contributed by atoms with Gasteiger partial charge in [0.05, 0.1) is 32.4 Å². The Balaban J connectivity index is 2.25. The predicted octanol–water partition coefficient (Wildman–Crippen LogP) is 0.995. The third kappa shape index (κ3) is 2.87. The Morgan fingerprint density at radius 2 is 1.92 bits per heavy atom. The molecule has 1 unspecified atom stereocenters. The standard InChI is InChI=1S/C9H20NOS/c1-3-12(11)9-8-10(2)6-4-5-7-10/h3-9H2,1-2H3/q+1. The molecular formula is C9H20NOS+. The third-order valence-electron chi connectivity index (χ3n) is 2.83. The van der Waals surface area contributed by atoms with Crippen LogP contribution in [-0.4, -0.2) is 46.9 Å². The second kappa shape index (κ2) is 4.38. The van der Waals surface area contributed by atoms with E-state index in [-0.39, 0.29) is 0 Å². The van der Waals surface area contributed by atoms with Gasteiger partial charge in [0, 0.05) is 29.4 Å². The number of quaternary nitrogens is 1. The van der Waals surface area contributed by atoms with Crippen LogP contribution in [0.4, 0.5) is 0 Å². The van der Waals surface area contributed by atoms with Crippen LogP contribution in [0.1, 0.15) is 19.8 Å². The van der Waals surface area contributed by atoms with Crippen LogP contribution in [-0.2, 0) is 10.8 Å². The van der Waals surface area contributed by atoms with Crippen molar-refractivity contribution in [2.24, 2.45) is 0 Å². The molecule has 0 aromatic heterocycles. The highest BCUT2D eigenvalue weighted by Gasteiger charge is 2.26. The molecule has 1 heterocycles. The third-order valence-corrected chi connectivity index (χ3v) is 4.11. The minimum absolute atomic E-state index is 0.565. The lowest BCUT2D eigenvalue weighted by molar-refractivity contribution is -0.895. The van der Waals surface area contributed by atoms with E-state index in [4.69, 9.17) is 0 Å². The molecule has 0 spiro atoms. The maximum Gasteiger partial charge on any atom is 0.0901 e.